The van der Waals surface area contributed by atoms with Gasteiger partial charge in [0, 0.05) is 24.7 Å². The highest BCUT2D eigenvalue weighted by molar-refractivity contribution is 7.17. The standard InChI is InChI=1S/C14H13ClN2O3S/c1-17(2)13(18)11-10(14(19)20-3)16-12(21-11)8-4-6-9(15)7-5-8/h4-7H,1-3H3. The van der Waals surface area contributed by atoms with Crippen molar-refractivity contribution in [3.05, 3.63) is 39.9 Å². The van der Waals surface area contributed by atoms with Crippen LogP contribution in [0.4, 0.5) is 0 Å². The van der Waals surface area contributed by atoms with E-state index in [0.717, 1.165) is 16.9 Å². The Kier molecular flexibility index (Phi) is 4.59. The number of ether oxygens (including phenoxy) is 1. The van der Waals surface area contributed by atoms with Crippen LogP contribution in [0.15, 0.2) is 24.3 Å². The summed E-state index contributed by atoms with van der Waals surface area (Å²) in [6, 6.07) is 7.02. The van der Waals surface area contributed by atoms with Crippen LogP contribution < -0.4 is 0 Å². The van der Waals surface area contributed by atoms with Crippen LogP contribution in [-0.4, -0.2) is 43.0 Å². The largest absolute Gasteiger partial charge is 0.464 e. The van der Waals surface area contributed by atoms with E-state index in [1.54, 1.807) is 38.4 Å². The molecule has 0 saturated heterocycles. The maximum atomic E-state index is 12.2. The molecule has 0 N–H and O–H groups in total. The molecule has 0 fully saturated rings. The minimum absolute atomic E-state index is 0.0335. The van der Waals surface area contributed by atoms with Crippen LogP contribution in [0.25, 0.3) is 10.6 Å². The maximum Gasteiger partial charge on any atom is 0.358 e. The van der Waals surface area contributed by atoms with E-state index in [0.29, 0.717) is 10.0 Å². The summed E-state index contributed by atoms with van der Waals surface area (Å²) < 4.78 is 4.69. The minimum Gasteiger partial charge on any atom is -0.464 e. The quantitative estimate of drug-likeness (QED) is 0.814. The molecule has 0 aliphatic heterocycles. The van der Waals surface area contributed by atoms with E-state index in [-0.39, 0.29) is 16.5 Å². The van der Waals surface area contributed by atoms with Gasteiger partial charge in [-0.25, -0.2) is 9.78 Å². The molecule has 0 radical (unpaired) electrons. The van der Waals surface area contributed by atoms with E-state index in [2.05, 4.69) is 9.72 Å². The van der Waals surface area contributed by atoms with Crippen LogP contribution in [0, 0.1) is 0 Å². The molecule has 0 spiro atoms. The SMILES string of the molecule is COC(=O)c1nc(-c2ccc(Cl)cc2)sc1C(=O)N(C)C. The zero-order chi connectivity index (χ0) is 15.6. The van der Waals surface area contributed by atoms with E-state index in [4.69, 9.17) is 11.6 Å². The van der Waals surface area contributed by atoms with Crippen molar-refractivity contribution in [3.63, 3.8) is 0 Å². The topological polar surface area (TPSA) is 59.5 Å². The molecular weight excluding hydrogens is 312 g/mol. The van der Waals surface area contributed by atoms with Crippen LogP contribution in [0.5, 0.6) is 0 Å². The van der Waals surface area contributed by atoms with Gasteiger partial charge in [-0.05, 0) is 12.1 Å². The zero-order valence-electron chi connectivity index (χ0n) is 11.7. The van der Waals surface area contributed by atoms with E-state index < -0.39 is 5.97 Å². The zero-order valence-corrected chi connectivity index (χ0v) is 13.3. The van der Waals surface area contributed by atoms with Gasteiger partial charge in [0.15, 0.2) is 5.69 Å². The summed E-state index contributed by atoms with van der Waals surface area (Å²) in [5.74, 6) is -0.912. The highest BCUT2D eigenvalue weighted by atomic mass is 35.5. The summed E-state index contributed by atoms with van der Waals surface area (Å²) in [4.78, 5) is 29.8. The second-order valence-electron chi connectivity index (χ2n) is 4.39. The molecule has 0 atom stereocenters. The third-order valence-corrected chi connectivity index (χ3v) is 4.04. The van der Waals surface area contributed by atoms with Gasteiger partial charge in [-0.2, -0.15) is 0 Å². The second kappa shape index (κ2) is 6.24. The molecule has 2 aromatic rings. The van der Waals surface area contributed by atoms with Gasteiger partial charge in [0.05, 0.1) is 7.11 Å². The smallest absolute Gasteiger partial charge is 0.358 e. The second-order valence-corrected chi connectivity index (χ2v) is 5.83. The number of carbonyl (C=O) groups excluding carboxylic acids is 2. The fraction of sp³-hybridized carbons (Fsp3) is 0.214. The summed E-state index contributed by atoms with van der Waals surface area (Å²) in [7, 11) is 4.49. The number of methoxy groups -OCH3 is 1. The number of thiazole rings is 1. The summed E-state index contributed by atoms with van der Waals surface area (Å²) in [6.45, 7) is 0. The van der Waals surface area contributed by atoms with Crippen LogP contribution >= 0.6 is 22.9 Å². The number of halogens is 1. The highest BCUT2D eigenvalue weighted by Gasteiger charge is 2.25. The van der Waals surface area contributed by atoms with Crippen molar-refractivity contribution in [2.24, 2.45) is 0 Å². The Hall–Kier alpha value is -1.92. The van der Waals surface area contributed by atoms with Crippen LogP contribution in [0.1, 0.15) is 20.2 Å². The highest BCUT2D eigenvalue weighted by Crippen LogP contribution is 2.30. The number of aromatic nitrogens is 1. The molecule has 2 rings (SSSR count). The number of nitrogens with zero attached hydrogens (tertiary/aromatic N) is 2. The monoisotopic (exact) mass is 324 g/mol. The fourth-order valence-electron chi connectivity index (χ4n) is 1.62. The van der Waals surface area contributed by atoms with Gasteiger partial charge < -0.3 is 9.64 Å². The van der Waals surface area contributed by atoms with Crippen molar-refractivity contribution >= 4 is 34.8 Å². The first-order valence-corrected chi connectivity index (χ1v) is 7.20. The predicted molar refractivity (Wildman–Crippen MR) is 81.9 cm³/mol. The fourth-order valence-corrected chi connectivity index (χ4v) is 2.82. The van der Waals surface area contributed by atoms with Crippen LogP contribution in [0.3, 0.4) is 0 Å². The van der Waals surface area contributed by atoms with Gasteiger partial charge in [-0.15, -0.1) is 11.3 Å². The molecule has 0 bridgehead atoms. The lowest BCUT2D eigenvalue weighted by atomic mass is 10.2. The van der Waals surface area contributed by atoms with E-state index >= 15 is 0 Å². The molecule has 7 heteroatoms. The van der Waals surface area contributed by atoms with Crippen molar-refractivity contribution in [2.75, 3.05) is 21.2 Å². The number of hydrogen-bond acceptors (Lipinski definition) is 5. The van der Waals surface area contributed by atoms with Gasteiger partial charge in [0.25, 0.3) is 5.91 Å². The summed E-state index contributed by atoms with van der Waals surface area (Å²) in [5, 5.41) is 1.17. The third-order valence-electron chi connectivity index (χ3n) is 2.70. The predicted octanol–water partition coefficient (Wildman–Crippen LogP) is 2.95. The van der Waals surface area contributed by atoms with E-state index in [1.165, 1.54) is 12.0 Å². The summed E-state index contributed by atoms with van der Waals surface area (Å²) in [6.07, 6.45) is 0. The Balaban J connectivity index is 2.52. The molecular formula is C14H13ClN2O3S. The number of carbonyl (C=O) groups is 2. The van der Waals surface area contributed by atoms with Crippen LogP contribution in [0.2, 0.25) is 5.02 Å². The Morgan fingerprint density at radius 1 is 1.24 bits per heavy atom. The molecule has 1 heterocycles. The Morgan fingerprint density at radius 2 is 1.86 bits per heavy atom. The van der Waals surface area contributed by atoms with Crippen molar-refractivity contribution < 1.29 is 14.3 Å². The van der Waals surface area contributed by atoms with Gasteiger partial charge in [-0.3, -0.25) is 4.79 Å². The number of benzene rings is 1. The van der Waals surface area contributed by atoms with Crippen molar-refractivity contribution in [3.8, 4) is 10.6 Å². The van der Waals surface area contributed by atoms with Crippen molar-refractivity contribution in [1.29, 1.82) is 0 Å². The van der Waals surface area contributed by atoms with Gasteiger partial charge in [0.2, 0.25) is 0 Å². The van der Waals surface area contributed by atoms with E-state index in [9.17, 15) is 9.59 Å². The molecule has 1 aromatic heterocycles. The van der Waals surface area contributed by atoms with Gasteiger partial charge in [-0.1, -0.05) is 23.7 Å². The normalized spacial score (nSPS) is 10.3. The first kappa shape index (κ1) is 15.5. The molecule has 21 heavy (non-hydrogen) atoms. The molecule has 1 amide bonds. The van der Waals surface area contributed by atoms with E-state index in [1.807, 2.05) is 0 Å². The summed E-state index contributed by atoms with van der Waals surface area (Å²) >= 11 is 7.00. The number of amides is 1. The van der Waals surface area contributed by atoms with Gasteiger partial charge in [0.1, 0.15) is 9.88 Å². The van der Waals surface area contributed by atoms with Crippen LogP contribution in [-0.2, 0) is 4.74 Å². The van der Waals surface area contributed by atoms with Crippen molar-refractivity contribution in [2.45, 2.75) is 0 Å². The molecule has 0 unspecified atom stereocenters. The number of rotatable bonds is 3. The molecule has 0 aliphatic carbocycles. The molecule has 1 aromatic carbocycles. The maximum absolute atomic E-state index is 12.2. The average molecular weight is 325 g/mol. The minimum atomic E-state index is -0.628. The molecule has 0 saturated carbocycles. The third kappa shape index (κ3) is 3.22. The Labute approximate surface area is 131 Å². The van der Waals surface area contributed by atoms with Crippen molar-refractivity contribution in [1.82, 2.24) is 9.88 Å². The Bertz CT molecular complexity index is 680. The lowest BCUT2D eigenvalue weighted by Crippen LogP contribution is -2.23. The van der Waals surface area contributed by atoms with Gasteiger partial charge >= 0.3 is 5.97 Å². The number of esters is 1. The first-order chi connectivity index (χ1) is 9.93. The number of hydrogen-bond donors (Lipinski definition) is 0. The average Bonchev–Trinajstić information content (AvgIpc) is 2.91. The lowest BCUT2D eigenvalue weighted by Gasteiger charge is -2.08. The molecule has 5 nitrogen and oxygen atoms in total. The first-order valence-electron chi connectivity index (χ1n) is 6.00. The lowest BCUT2D eigenvalue weighted by molar-refractivity contribution is 0.0588. The Morgan fingerprint density at radius 3 is 2.38 bits per heavy atom. The molecule has 110 valence electrons. The molecule has 0 aliphatic rings. The summed E-state index contributed by atoms with van der Waals surface area (Å²) in [5.41, 5.74) is 0.818.